The monoisotopic (exact) mass is 1100 g/mol. The van der Waals surface area contributed by atoms with Crippen LogP contribution in [-0.2, 0) is 28.6 Å². The van der Waals surface area contributed by atoms with E-state index in [0.29, 0.717) is 19.3 Å². The molecule has 0 amide bonds. The average Bonchev–Trinajstić information content (AvgIpc) is 3.45. The van der Waals surface area contributed by atoms with Crippen LogP contribution in [0.4, 0.5) is 0 Å². The predicted molar refractivity (Wildman–Crippen MR) is 344 cm³/mol. The zero-order valence-electron chi connectivity index (χ0n) is 52.6. The van der Waals surface area contributed by atoms with E-state index in [4.69, 9.17) is 14.2 Å². The van der Waals surface area contributed by atoms with Crippen LogP contribution in [0, 0.1) is 0 Å². The fourth-order valence-corrected chi connectivity index (χ4v) is 10.1. The molecule has 1 unspecified atom stereocenters. The first-order valence-electron chi connectivity index (χ1n) is 34.4. The molecule has 0 N–H and O–H groups in total. The van der Waals surface area contributed by atoms with Crippen LogP contribution in [0.3, 0.4) is 0 Å². The van der Waals surface area contributed by atoms with E-state index < -0.39 is 6.10 Å². The summed E-state index contributed by atoms with van der Waals surface area (Å²) in [5, 5.41) is 0. The molecule has 0 aliphatic heterocycles. The highest BCUT2D eigenvalue weighted by atomic mass is 16.6. The van der Waals surface area contributed by atoms with Crippen molar-refractivity contribution in [2.45, 2.75) is 361 Å². The van der Waals surface area contributed by atoms with Gasteiger partial charge >= 0.3 is 17.9 Å². The molecule has 6 nitrogen and oxygen atoms in total. The van der Waals surface area contributed by atoms with E-state index in [1.807, 2.05) is 0 Å². The van der Waals surface area contributed by atoms with Crippen molar-refractivity contribution in [3.8, 4) is 0 Å². The Labute approximate surface area is 491 Å². The van der Waals surface area contributed by atoms with Crippen molar-refractivity contribution in [2.24, 2.45) is 0 Å². The second-order valence-electron chi connectivity index (χ2n) is 23.1. The molecule has 0 bridgehead atoms. The van der Waals surface area contributed by atoms with Crippen LogP contribution in [0.1, 0.15) is 355 Å². The van der Waals surface area contributed by atoms with Crippen molar-refractivity contribution in [1.82, 2.24) is 0 Å². The first-order chi connectivity index (χ1) is 39.0. The Morgan fingerprint density at radius 3 is 0.785 bits per heavy atom. The number of unbranched alkanes of at least 4 members (excludes halogenated alkanes) is 40. The lowest BCUT2D eigenvalue weighted by molar-refractivity contribution is -0.167. The van der Waals surface area contributed by atoms with Crippen LogP contribution in [0.15, 0.2) is 72.9 Å². The second kappa shape index (κ2) is 67.4. The minimum Gasteiger partial charge on any atom is -0.462 e. The molecule has 0 spiro atoms. The molecule has 0 aliphatic carbocycles. The lowest BCUT2D eigenvalue weighted by atomic mass is 10.0. The molecule has 0 aromatic heterocycles. The van der Waals surface area contributed by atoms with Crippen molar-refractivity contribution >= 4 is 17.9 Å². The topological polar surface area (TPSA) is 78.9 Å². The van der Waals surface area contributed by atoms with E-state index in [9.17, 15) is 14.4 Å². The molecule has 0 saturated carbocycles. The third kappa shape index (κ3) is 65.5. The zero-order valence-corrected chi connectivity index (χ0v) is 52.6. The maximum Gasteiger partial charge on any atom is 0.306 e. The quantitative estimate of drug-likeness (QED) is 0.0261. The number of allylic oxidation sites excluding steroid dienone is 12. The number of carbonyl (C=O) groups is 3. The minimum atomic E-state index is -0.775. The molecule has 0 heterocycles. The molecule has 79 heavy (non-hydrogen) atoms. The number of rotatable bonds is 63. The van der Waals surface area contributed by atoms with Gasteiger partial charge in [-0.15, -0.1) is 0 Å². The van der Waals surface area contributed by atoms with Crippen molar-refractivity contribution in [3.05, 3.63) is 72.9 Å². The first kappa shape index (κ1) is 75.8. The lowest BCUT2D eigenvalue weighted by Crippen LogP contribution is -2.30. The molecular formula is C73H130O6. The highest BCUT2D eigenvalue weighted by Gasteiger charge is 2.19. The third-order valence-electron chi connectivity index (χ3n) is 15.2. The maximum atomic E-state index is 12.8. The van der Waals surface area contributed by atoms with Gasteiger partial charge in [-0.05, 0) is 89.9 Å². The summed E-state index contributed by atoms with van der Waals surface area (Å²) in [4.78, 5) is 38.0. The van der Waals surface area contributed by atoms with E-state index in [1.54, 1.807) is 0 Å². The number of ether oxygens (including phenoxy) is 3. The molecule has 1 atom stereocenters. The minimum absolute atomic E-state index is 0.0747. The van der Waals surface area contributed by atoms with E-state index in [1.165, 1.54) is 212 Å². The summed E-state index contributed by atoms with van der Waals surface area (Å²) in [6.07, 6.45) is 88.4. The smallest absolute Gasteiger partial charge is 0.306 e. The molecule has 0 aromatic rings. The fourth-order valence-electron chi connectivity index (χ4n) is 10.1. The van der Waals surface area contributed by atoms with Gasteiger partial charge in [0, 0.05) is 19.3 Å². The fraction of sp³-hybridized carbons (Fsp3) is 0.795. The molecule has 458 valence electrons. The molecule has 0 saturated heterocycles. The molecule has 0 radical (unpaired) electrons. The summed E-state index contributed by atoms with van der Waals surface area (Å²) in [5.74, 6) is -0.879. The number of esters is 3. The predicted octanol–water partition coefficient (Wildman–Crippen LogP) is 23.7. The van der Waals surface area contributed by atoms with Crippen LogP contribution in [0.25, 0.3) is 0 Å². The first-order valence-corrected chi connectivity index (χ1v) is 34.4. The van der Waals surface area contributed by atoms with Crippen LogP contribution >= 0.6 is 0 Å². The average molecular weight is 1100 g/mol. The normalized spacial score (nSPS) is 12.5. The standard InChI is InChI=1S/C73H130O6/c1-4-7-10-13-15-17-19-21-23-25-27-29-31-33-34-35-36-37-38-40-41-43-45-47-49-51-53-55-57-60-63-66-72(75)78-69-70(68-77-71(74)65-62-59-12-9-6-3)79-73(76)67-64-61-58-56-54-52-50-48-46-44-42-39-32-30-28-26-24-22-20-18-16-14-11-8-5-2/h8,11,16,18,22,24-25,27-28,30,39,42,70H,4-7,9-10,12-15,17,19-21,23,26,29,31-38,40-41,43-69H2,1-3H3/b11-8-,18-16-,24-22-,27-25-,30-28-,42-39-. The van der Waals surface area contributed by atoms with Crippen LogP contribution in [0.5, 0.6) is 0 Å². The lowest BCUT2D eigenvalue weighted by Gasteiger charge is -2.18. The summed E-state index contributed by atoms with van der Waals surface area (Å²) >= 11 is 0. The van der Waals surface area contributed by atoms with Gasteiger partial charge in [0.25, 0.3) is 0 Å². The van der Waals surface area contributed by atoms with Gasteiger partial charge in [0.15, 0.2) is 6.10 Å². The Balaban J connectivity index is 3.96. The maximum absolute atomic E-state index is 12.8. The van der Waals surface area contributed by atoms with Gasteiger partial charge in [-0.25, -0.2) is 0 Å². The summed E-state index contributed by atoms with van der Waals surface area (Å²) in [5.41, 5.74) is 0. The van der Waals surface area contributed by atoms with Crippen molar-refractivity contribution in [2.75, 3.05) is 13.2 Å². The van der Waals surface area contributed by atoms with Crippen LogP contribution in [0.2, 0.25) is 0 Å². The summed E-state index contributed by atoms with van der Waals surface area (Å²) in [7, 11) is 0. The number of hydrogen-bond donors (Lipinski definition) is 0. The van der Waals surface area contributed by atoms with Gasteiger partial charge in [-0.3, -0.25) is 14.4 Å². The largest absolute Gasteiger partial charge is 0.462 e. The Kier molecular flexibility index (Phi) is 64.7. The van der Waals surface area contributed by atoms with Gasteiger partial charge in [0.1, 0.15) is 13.2 Å². The number of hydrogen-bond acceptors (Lipinski definition) is 6. The van der Waals surface area contributed by atoms with E-state index in [0.717, 1.165) is 103 Å². The molecule has 0 fully saturated rings. The molecule has 0 aromatic carbocycles. The molecular weight excluding hydrogens is 973 g/mol. The summed E-state index contributed by atoms with van der Waals surface area (Å²) in [6.45, 7) is 6.48. The van der Waals surface area contributed by atoms with Gasteiger partial charge < -0.3 is 14.2 Å². The zero-order chi connectivity index (χ0) is 57.1. The van der Waals surface area contributed by atoms with Gasteiger partial charge in [0.2, 0.25) is 0 Å². The molecule has 0 aliphatic rings. The summed E-state index contributed by atoms with van der Waals surface area (Å²) < 4.78 is 16.8. The highest BCUT2D eigenvalue weighted by Crippen LogP contribution is 2.18. The van der Waals surface area contributed by atoms with Gasteiger partial charge in [0.05, 0.1) is 0 Å². The van der Waals surface area contributed by atoms with Crippen molar-refractivity contribution < 1.29 is 28.6 Å². The Morgan fingerprint density at radius 2 is 0.494 bits per heavy atom. The Bertz CT molecular complexity index is 1450. The van der Waals surface area contributed by atoms with Crippen LogP contribution < -0.4 is 0 Å². The van der Waals surface area contributed by atoms with Crippen molar-refractivity contribution in [3.63, 3.8) is 0 Å². The second-order valence-corrected chi connectivity index (χ2v) is 23.1. The number of carbonyl (C=O) groups excluding carboxylic acids is 3. The van der Waals surface area contributed by atoms with Crippen molar-refractivity contribution in [1.29, 1.82) is 0 Å². The third-order valence-corrected chi connectivity index (χ3v) is 15.2. The molecule has 6 heteroatoms. The van der Waals surface area contributed by atoms with Gasteiger partial charge in [-0.1, -0.05) is 318 Å². The van der Waals surface area contributed by atoms with Gasteiger partial charge in [-0.2, -0.15) is 0 Å². The Hall–Kier alpha value is -3.15. The SMILES string of the molecule is CC/C=C\C/C=C\C/C=C\C/C=C\C/C=C\CCCCCCCCCCCC(=O)OC(COC(=O)CCCCCCC)COC(=O)CCCCCCCCCCCCCCCCCCCCC/C=C\CCCCCCCCCC. The van der Waals surface area contributed by atoms with E-state index in [-0.39, 0.29) is 31.1 Å². The van der Waals surface area contributed by atoms with E-state index in [2.05, 4.69) is 93.7 Å². The summed E-state index contributed by atoms with van der Waals surface area (Å²) in [6, 6.07) is 0. The van der Waals surface area contributed by atoms with Crippen LogP contribution in [-0.4, -0.2) is 37.2 Å². The van der Waals surface area contributed by atoms with E-state index >= 15 is 0 Å². The highest BCUT2D eigenvalue weighted by molar-refractivity contribution is 5.71. The Morgan fingerprint density at radius 1 is 0.266 bits per heavy atom. The molecule has 0 rings (SSSR count).